The Morgan fingerprint density at radius 1 is 1.29 bits per heavy atom. The number of ether oxygens (including phenoxy) is 4. The lowest BCUT2D eigenvalue weighted by Gasteiger charge is -2.42. The molecule has 1 heterocycles. The lowest BCUT2D eigenvalue weighted by Crippen LogP contribution is -2.54. The summed E-state index contributed by atoms with van der Waals surface area (Å²) in [6.07, 6.45) is -0.752. The zero-order chi connectivity index (χ0) is 17.5. The van der Waals surface area contributed by atoms with Crippen molar-refractivity contribution in [3.05, 3.63) is 35.9 Å². The topological polar surface area (TPSA) is 71.1 Å². The second-order valence-electron chi connectivity index (χ2n) is 5.91. The van der Waals surface area contributed by atoms with Crippen molar-refractivity contribution < 1.29 is 28.5 Å². The van der Waals surface area contributed by atoms with Gasteiger partial charge in [-0.1, -0.05) is 37.3 Å². The van der Waals surface area contributed by atoms with Gasteiger partial charge in [0.1, 0.15) is 19.0 Å². The van der Waals surface area contributed by atoms with Gasteiger partial charge >= 0.3 is 5.97 Å². The molecule has 1 saturated heterocycles. The van der Waals surface area contributed by atoms with Crippen LogP contribution in [0.1, 0.15) is 19.4 Å². The van der Waals surface area contributed by atoms with Crippen molar-refractivity contribution >= 4 is 12.3 Å². The molecular formula is C18H24O6. The van der Waals surface area contributed by atoms with Gasteiger partial charge in [-0.05, 0) is 11.5 Å². The third-order valence-electron chi connectivity index (χ3n) is 4.28. The SMILES string of the molecule is CO[C@H]1O[C@H](COC(C)=O)[C@@H](C)[C@H](C=O)[C@@H]1OCc1ccccc1. The van der Waals surface area contributed by atoms with Crippen molar-refractivity contribution in [2.45, 2.75) is 39.0 Å². The van der Waals surface area contributed by atoms with Crippen LogP contribution in [0.5, 0.6) is 0 Å². The van der Waals surface area contributed by atoms with Crippen LogP contribution in [0.15, 0.2) is 30.3 Å². The number of carbonyl (C=O) groups excluding carboxylic acids is 2. The molecular weight excluding hydrogens is 312 g/mol. The van der Waals surface area contributed by atoms with Gasteiger partial charge in [-0.25, -0.2) is 0 Å². The van der Waals surface area contributed by atoms with Crippen LogP contribution in [0, 0.1) is 11.8 Å². The summed E-state index contributed by atoms with van der Waals surface area (Å²) in [7, 11) is 1.50. The Bertz CT molecular complexity index is 532. The highest BCUT2D eigenvalue weighted by Crippen LogP contribution is 2.33. The Kier molecular flexibility index (Phi) is 6.90. The first-order valence-corrected chi connectivity index (χ1v) is 7.99. The summed E-state index contributed by atoms with van der Waals surface area (Å²) in [5, 5.41) is 0. The van der Waals surface area contributed by atoms with Crippen LogP contribution in [-0.2, 0) is 35.1 Å². The number of methoxy groups -OCH3 is 1. The summed E-state index contributed by atoms with van der Waals surface area (Å²) in [4.78, 5) is 22.7. The summed E-state index contributed by atoms with van der Waals surface area (Å²) in [5.41, 5.74) is 1.01. The minimum absolute atomic E-state index is 0.0894. The van der Waals surface area contributed by atoms with Crippen molar-refractivity contribution in [3.8, 4) is 0 Å². The summed E-state index contributed by atoms with van der Waals surface area (Å²) < 4.78 is 22.2. The summed E-state index contributed by atoms with van der Waals surface area (Å²) in [6, 6.07) is 9.70. The minimum Gasteiger partial charge on any atom is -0.463 e. The van der Waals surface area contributed by atoms with E-state index in [0.717, 1.165) is 11.8 Å². The average molecular weight is 336 g/mol. The highest BCUT2D eigenvalue weighted by Gasteiger charge is 2.45. The van der Waals surface area contributed by atoms with Crippen LogP contribution in [0.2, 0.25) is 0 Å². The molecule has 1 aliphatic rings. The lowest BCUT2D eigenvalue weighted by atomic mass is 9.83. The van der Waals surface area contributed by atoms with Gasteiger partial charge in [-0.2, -0.15) is 0 Å². The molecule has 2 rings (SSSR count). The van der Waals surface area contributed by atoms with Gasteiger partial charge < -0.3 is 23.7 Å². The molecule has 1 aromatic rings. The second-order valence-corrected chi connectivity index (χ2v) is 5.91. The van der Waals surface area contributed by atoms with Crippen LogP contribution in [0.25, 0.3) is 0 Å². The Hall–Kier alpha value is -1.76. The molecule has 1 aliphatic heterocycles. The van der Waals surface area contributed by atoms with Gasteiger partial charge in [-0.3, -0.25) is 4.79 Å². The fraction of sp³-hybridized carbons (Fsp3) is 0.556. The number of rotatable bonds is 7. The maximum Gasteiger partial charge on any atom is 0.302 e. The monoisotopic (exact) mass is 336 g/mol. The molecule has 0 saturated carbocycles. The molecule has 0 aromatic heterocycles. The number of esters is 1. The average Bonchev–Trinajstić information content (AvgIpc) is 2.59. The van der Waals surface area contributed by atoms with Gasteiger partial charge in [0, 0.05) is 14.0 Å². The number of aldehydes is 1. The molecule has 0 aliphatic carbocycles. The van der Waals surface area contributed by atoms with Crippen molar-refractivity contribution in [2.24, 2.45) is 11.8 Å². The zero-order valence-electron chi connectivity index (χ0n) is 14.2. The quantitative estimate of drug-likeness (QED) is 0.560. The standard InChI is InChI=1S/C18H24O6/c1-12-15(9-19)17(23-10-14-7-5-4-6-8-14)18(21-3)24-16(12)11-22-13(2)20/h4-9,12,15-18H,10-11H2,1-3H3/t12-,15-,16+,17-,18-/m0/s1. The van der Waals surface area contributed by atoms with E-state index in [1.165, 1.54) is 14.0 Å². The minimum atomic E-state index is -0.694. The van der Waals surface area contributed by atoms with E-state index < -0.39 is 24.4 Å². The van der Waals surface area contributed by atoms with Gasteiger partial charge in [0.05, 0.1) is 18.6 Å². The summed E-state index contributed by atoms with van der Waals surface area (Å²) in [6.45, 7) is 3.68. The molecule has 6 heteroatoms. The fourth-order valence-corrected chi connectivity index (χ4v) is 2.84. The third-order valence-corrected chi connectivity index (χ3v) is 4.28. The Balaban J connectivity index is 2.06. The molecule has 0 unspecified atom stereocenters. The Labute approximate surface area is 142 Å². The molecule has 0 radical (unpaired) electrons. The van der Waals surface area contributed by atoms with E-state index in [1.807, 2.05) is 37.3 Å². The number of benzene rings is 1. The van der Waals surface area contributed by atoms with Crippen LogP contribution in [-0.4, -0.2) is 44.5 Å². The van der Waals surface area contributed by atoms with Gasteiger partial charge in [0.25, 0.3) is 0 Å². The van der Waals surface area contributed by atoms with E-state index in [9.17, 15) is 9.59 Å². The van der Waals surface area contributed by atoms with E-state index in [0.29, 0.717) is 6.61 Å². The predicted molar refractivity (Wildman–Crippen MR) is 86.0 cm³/mol. The molecule has 5 atom stereocenters. The normalized spacial score (nSPS) is 29.9. The van der Waals surface area contributed by atoms with E-state index in [1.54, 1.807) is 0 Å². The maximum atomic E-state index is 11.6. The van der Waals surface area contributed by atoms with Crippen LogP contribution in [0.4, 0.5) is 0 Å². The molecule has 1 fully saturated rings. The Morgan fingerprint density at radius 3 is 2.58 bits per heavy atom. The van der Waals surface area contributed by atoms with Crippen LogP contribution < -0.4 is 0 Å². The van der Waals surface area contributed by atoms with Crippen molar-refractivity contribution in [1.82, 2.24) is 0 Å². The predicted octanol–water partition coefficient (Wildman–Crippen LogP) is 1.96. The van der Waals surface area contributed by atoms with Gasteiger partial charge in [0.15, 0.2) is 6.29 Å². The molecule has 1 aromatic carbocycles. The summed E-state index contributed by atoms with van der Waals surface area (Å²) in [5.74, 6) is -0.952. The lowest BCUT2D eigenvalue weighted by molar-refractivity contribution is -0.276. The fourth-order valence-electron chi connectivity index (χ4n) is 2.84. The van der Waals surface area contributed by atoms with Gasteiger partial charge in [0.2, 0.25) is 0 Å². The van der Waals surface area contributed by atoms with Crippen molar-refractivity contribution in [1.29, 1.82) is 0 Å². The van der Waals surface area contributed by atoms with Crippen LogP contribution in [0.3, 0.4) is 0 Å². The first kappa shape index (κ1) is 18.6. The number of carbonyl (C=O) groups is 2. The van der Waals surface area contributed by atoms with E-state index in [-0.39, 0.29) is 18.5 Å². The first-order valence-electron chi connectivity index (χ1n) is 7.99. The second kappa shape index (κ2) is 8.92. The zero-order valence-corrected chi connectivity index (χ0v) is 14.2. The molecule has 6 nitrogen and oxygen atoms in total. The molecule has 0 spiro atoms. The highest BCUT2D eigenvalue weighted by atomic mass is 16.7. The van der Waals surface area contributed by atoms with Gasteiger partial charge in [-0.15, -0.1) is 0 Å². The smallest absolute Gasteiger partial charge is 0.302 e. The Morgan fingerprint density at radius 2 is 2.00 bits per heavy atom. The molecule has 0 amide bonds. The highest BCUT2D eigenvalue weighted by molar-refractivity contribution is 5.65. The molecule has 132 valence electrons. The third kappa shape index (κ3) is 4.63. The van der Waals surface area contributed by atoms with E-state index in [4.69, 9.17) is 18.9 Å². The van der Waals surface area contributed by atoms with Crippen molar-refractivity contribution in [2.75, 3.05) is 13.7 Å². The number of hydrogen-bond acceptors (Lipinski definition) is 6. The maximum absolute atomic E-state index is 11.6. The van der Waals surface area contributed by atoms with E-state index >= 15 is 0 Å². The summed E-state index contributed by atoms with van der Waals surface area (Å²) >= 11 is 0. The number of hydrogen-bond donors (Lipinski definition) is 0. The molecule has 0 bridgehead atoms. The van der Waals surface area contributed by atoms with E-state index in [2.05, 4.69) is 0 Å². The molecule has 24 heavy (non-hydrogen) atoms. The first-order chi connectivity index (χ1) is 11.6. The van der Waals surface area contributed by atoms with Crippen molar-refractivity contribution in [3.63, 3.8) is 0 Å². The van der Waals surface area contributed by atoms with Crippen LogP contribution >= 0.6 is 0 Å². The largest absolute Gasteiger partial charge is 0.463 e. The molecule has 0 N–H and O–H groups in total.